The summed E-state index contributed by atoms with van der Waals surface area (Å²) in [5.74, 6) is 0. The molecule has 0 bridgehead atoms. The van der Waals surface area contributed by atoms with Crippen molar-refractivity contribution in [1.82, 2.24) is 9.88 Å². The second-order valence-corrected chi connectivity index (χ2v) is 7.30. The van der Waals surface area contributed by atoms with E-state index < -0.39 is 0 Å². The molecular weight excluding hydrogens is 328 g/mol. The molecule has 0 radical (unpaired) electrons. The van der Waals surface area contributed by atoms with Crippen LogP contribution in [0.3, 0.4) is 0 Å². The van der Waals surface area contributed by atoms with E-state index in [1.807, 2.05) is 0 Å². The molecule has 0 aliphatic heterocycles. The Morgan fingerprint density at radius 2 is 1.56 bits per heavy atom. The van der Waals surface area contributed by atoms with E-state index in [0.717, 1.165) is 13.1 Å². The van der Waals surface area contributed by atoms with Crippen LogP contribution in [0.4, 0.5) is 0 Å². The fourth-order valence-electron chi connectivity index (χ4n) is 3.61. The topological polar surface area (TPSA) is 17.0 Å². The number of hydrogen-bond donors (Lipinski definition) is 1. The van der Waals surface area contributed by atoms with Gasteiger partial charge in [0.05, 0.1) is 0 Å². The Morgan fingerprint density at radius 3 is 2.33 bits per heavy atom. The summed E-state index contributed by atoms with van der Waals surface area (Å²) in [4.78, 5) is 0. The number of para-hydroxylation sites is 1. The van der Waals surface area contributed by atoms with Gasteiger partial charge in [0.25, 0.3) is 0 Å². The van der Waals surface area contributed by atoms with Crippen LogP contribution in [0.1, 0.15) is 35.2 Å². The zero-order chi connectivity index (χ0) is 18.6. The van der Waals surface area contributed by atoms with Crippen molar-refractivity contribution < 1.29 is 0 Å². The monoisotopic (exact) mass is 354 g/mol. The number of rotatable bonds is 6. The summed E-state index contributed by atoms with van der Waals surface area (Å²) in [7, 11) is 0. The van der Waals surface area contributed by atoms with Gasteiger partial charge in [0.15, 0.2) is 0 Å². The molecule has 1 N–H and O–H groups in total. The van der Waals surface area contributed by atoms with Crippen LogP contribution in [-0.2, 0) is 13.1 Å². The highest BCUT2D eigenvalue weighted by Crippen LogP contribution is 2.23. The molecule has 0 unspecified atom stereocenters. The van der Waals surface area contributed by atoms with Crippen LogP contribution in [0.5, 0.6) is 0 Å². The van der Waals surface area contributed by atoms with Gasteiger partial charge in [-0.2, -0.15) is 0 Å². The van der Waals surface area contributed by atoms with E-state index in [1.165, 1.54) is 33.2 Å². The summed E-state index contributed by atoms with van der Waals surface area (Å²) in [6.07, 6.45) is 2.30. The maximum Gasteiger partial charge on any atom is 0.0486 e. The summed E-state index contributed by atoms with van der Waals surface area (Å²) in [5, 5.41) is 5.01. The van der Waals surface area contributed by atoms with E-state index in [4.69, 9.17) is 0 Å². The molecule has 2 heteroatoms. The van der Waals surface area contributed by atoms with E-state index in [9.17, 15) is 0 Å². The van der Waals surface area contributed by atoms with Crippen LogP contribution >= 0.6 is 0 Å². The standard InChI is InChI=1S/C25H26N2/c1-19-12-14-21(15-13-19)17-27-18-23(24-10-6-7-11-25(24)27)16-26-20(2)22-8-4-3-5-9-22/h3-15,18,20,26H,16-17H2,1-2H3/t20-/m1/s1. The van der Waals surface area contributed by atoms with E-state index >= 15 is 0 Å². The fraction of sp³-hybridized carbons (Fsp3) is 0.200. The molecule has 3 aromatic carbocycles. The van der Waals surface area contributed by atoms with Crippen molar-refractivity contribution in [2.45, 2.75) is 33.0 Å². The quantitative estimate of drug-likeness (QED) is 0.460. The van der Waals surface area contributed by atoms with Crippen molar-refractivity contribution in [3.05, 3.63) is 107 Å². The third-order valence-electron chi connectivity index (χ3n) is 5.24. The number of hydrogen-bond acceptors (Lipinski definition) is 1. The van der Waals surface area contributed by atoms with Crippen molar-refractivity contribution in [3.8, 4) is 0 Å². The van der Waals surface area contributed by atoms with Crippen LogP contribution in [0.15, 0.2) is 85.1 Å². The largest absolute Gasteiger partial charge is 0.343 e. The van der Waals surface area contributed by atoms with Gasteiger partial charge in [0, 0.05) is 36.2 Å². The van der Waals surface area contributed by atoms with Gasteiger partial charge in [-0.3, -0.25) is 0 Å². The first-order valence-corrected chi connectivity index (χ1v) is 9.61. The van der Waals surface area contributed by atoms with Gasteiger partial charge in [-0.25, -0.2) is 0 Å². The minimum absolute atomic E-state index is 0.324. The fourth-order valence-corrected chi connectivity index (χ4v) is 3.61. The number of benzene rings is 3. The van der Waals surface area contributed by atoms with E-state index in [0.29, 0.717) is 6.04 Å². The maximum absolute atomic E-state index is 3.68. The molecule has 4 aromatic rings. The molecular formula is C25H26N2. The van der Waals surface area contributed by atoms with E-state index in [-0.39, 0.29) is 0 Å². The third kappa shape index (κ3) is 3.96. The van der Waals surface area contributed by atoms with Crippen molar-refractivity contribution >= 4 is 10.9 Å². The molecule has 1 aromatic heterocycles. The van der Waals surface area contributed by atoms with Crippen LogP contribution in [0.2, 0.25) is 0 Å². The Balaban J connectivity index is 1.57. The smallest absolute Gasteiger partial charge is 0.0486 e. The molecule has 0 spiro atoms. The molecule has 136 valence electrons. The summed E-state index contributed by atoms with van der Waals surface area (Å²) in [6.45, 7) is 6.11. The summed E-state index contributed by atoms with van der Waals surface area (Å²) < 4.78 is 2.37. The normalized spacial score (nSPS) is 12.4. The van der Waals surface area contributed by atoms with Gasteiger partial charge in [-0.05, 0) is 36.6 Å². The number of aromatic nitrogens is 1. The van der Waals surface area contributed by atoms with E-state index in [2.05, 4.69) is 109 Å². The van der Waals surface area contributed by atoms with Gasteiger partial charge in [0.2, 0.25) is 0 Å². The molecule has 1 heterocycles. The highest BCUT2D eigenvalue weighted by Gasteiger charge is 2.10. The maximum atomic E-state index is 3.68. The van der Waals surface area contributed by atoms with Crippen molar-refractivity contribution in [2.75, 3.05) is 0 Å². The second-order valence-electron chi connectivity index (χ2n) is 7.30. The number of nitrogens with zero attached hydrogens (tertiary/aromatic N) is 1. The van der Waals surface area contributed by atoms with Crippen molar-refractivity contribution in [2.24, 2.45) is 0 Å². The first kappa shape index (κ1) is 17.6. The Bertz CT molecular complexity index is 1010. The molecule has 0 amide bonds. The molecule has 2 nitrogen and oxygen atoms in total. The van der Waals surface area contributed by atoms with Crippen LogP contribution in [0, 0.1) is 6.92 Å². The molecule has 0 saturated carbocycles. The van der Waals surface area contributed by atoms with Crippen LogP contribution in [-0.4, -0.2) is 4.57 Å². The Hall–Kier alpha value is -2.84. The highest BCUT2D eigenvalue weighted by molar-refractivity contribution is 5.84. The second kappa shape index (κ2) is 7.81. The minimum atomic E-state index is 0.324. The Labute approximate surface area is 161 Å². The predicted octanol–water partition coefficient (Wildman–Crippen LogP) is 5.85. The van der Waals surface area contributed by atoms with Gasteiger partial charge in [0.1, 0.15) is 0 Å². The van der Waals surface area contributed by atoms with Gasteiger partial charge < -0.3 is 9.88 Å². The van der Waals surface area contributed by atoms with Crippen LogP contribution < -0.4 is 5.32 Å². The zero-order valence-corrected chi connectivity index (χ0v) is 16.0. The molecule has 0 saturated heterocycles. The highest BCUT2D eigenvalue weighted by atomic mass is 15.0. The molecule has 0 aliphatic rings. The first-order chi connectivity index (χ1) is 13.2. The average molecular weight is 354 g/mol. The minimum Gasteiger partial charge on any atom is -0.343 e. The summed E-state index contributed by atoms with van der Waals surface area (Å²) in [6, 6.07) is 28.5. The molecule has 4 rings (SSSR count). The zero-order valence-electron chi connectivity index (χ0n) is 16.0. The molecule has 27 heavy (non-hydrogen) atoms. The van der Waals surface area contributed by atoms with E-state index in [1.54, 1.807) is 0 Å². The van der Waals surface area contributed by atoms with Gasteiger partial charge in [-0.1, -0.05) is 78.4 Å². The molecule has 0 aliphatic carbocycles. The molecule has 0 fully saturated rings. The lowest BCUT2D eigenvalue weighted by Crippen LogP contribution is -2.17. The van der Waals surface area contributed by atoms with Gasteiger partial charge >= 0.3 is 0 Å². The third-order valence-corrected chi connectivity index (χ3v) is 5.24. The predicted molar refractivity (Wildman–Crippen MR) is 114 cm³/mol. The lowest BCUT2D eigenvalue weighted by Gasteiger charge is -2.13. The number of nitrogens with one attached hydrogen (secondary N) is 1. The van der Waals surface area contributed by atoms with Crippen molar-refractivity contribution in [3.63, 3.8) is 0 Å². The van der Waals surface area contributed by atoms with Crippen LogP contribution in [0.25, 0.3) is 10.9 Å². The first-order valence-electron chi connectivity index (χ1n) is 9.61. The number of aryl methyl sites for hydroxylation is 1. The summed E-state index contributed by atoms with van der Waals surface area (Å²) >= 11 is 0. The average Bonchev–Trinajstić information content (AvgIpc) is 3.06. The summed E-state index contributed by atoms with van der Waals surface area (Å²) in [5.41, 5.74) is 6.60. The molecule has 1 atom stereocenters. The SMILES string of the molecule is Cc1ccc(Cn2cc(CN[C@H](C)c3ccccc3)c3ccccc32)cc1. The lowest BCUT2D eigenvalue weighted by molar-refractivity contribution is 0.575. The number of fused-ring (bicyclic) bond motifs is 1. The lowest BCUT2D eigenvalue weighted by atomic mass is 10.1. The Morgan fingerprint density at radius 1 is 0.852 bits per heavy atom. The Kier molecular flexibility index (Phi) is 5.08. The van der Waals surface area contributed by atoms with Gasteiger partial charge in [-0.15, -0.1) is 0 Å². The van der Waals surface area contributed by atoms with Crippen molar-refractivity contribution in [1.29, 1.82) is 0 Å².